The molecule has 1 aromatic rings. The Labute approximate surface area is 107 Å². The quantitative estimate of drug-likeness (QED) is 0.653. The highest BCUT2D eigenvalue weighted by atomic mass is 16.5. The van der Waals surface area contributed by atoms with Crippen molar-refractivity contribution in [3.8, 4) is 0 Å². The van der Waals surface area contributed by atoms with E-state index < -0.39 is 0 Å². The second-order valence-corrected chi connectivity index (χ2v) is 4.30. The van der Waals surface area contributed by atoms with Crippen LogP contribution in [0.5, 0.6) is 0 Å². The maximum atomic E-state index is 12.1. The molecule has 0 saturated carbocycles. The number of amides is 1. The third-order valence-electron chi connectivity index (χ3n) is 3.08. The molecule has 18 heavy (non-hydrogen) atoms. The number of ether oxygens (including phenoxy) is 1. The summed E-state index contributed by atoms with van der Waals surface area (Å²) >= 11 is 0. The first kappa shape index (κ1) is 13.0. The summed E-state index contributed by atoms with van der Waals surface area (Å²) in [6.45, 7) is 1.72. The number of hydrazine groups is 1. The van der Waals surface area contributed by atoms with Crippen LogP contribution in [0.2, 0.25) is 0 Å². The number of carbonyl (C=O) groups excluding carboxylic acids is 1. The van der Waals surface area contributed by atoms with Gasteiger partial charge in [0.25, 0.3) is 0 Å². The highest BCUT2D eigenvalue weighted by molar-refractivity contribution is 5.80. The molecule has 0 bridgehead atoms. The van der Waals surface area contributed by atoms with Gasteiger partial charge in [-0.2, -0.15) is 0 Å². The van der Waals surface area contributed by atoms with Crippen molar-refractivity contribution in [1.29, 1.82) is 0 Å². The van der Waals surface area contributed by atoms with Crippen LogP contribution in [-0.4, -0.2) is 32.7 Å². The molecule has 2 rings (SSSR count). The van der Waals surface area contributed by atoms with Crippen molar-refractivity contribution < 1.29 is 9.53 Å². The van der Waals surface area contributed by atoms with E-state index in [1.54, 1.807) is 7.11 Å². The molecule has 0 radical (unpaired) electrons. The third kappa shape index (κ3) is 3.07. The van der Waals surface area contributed by atoms with Gasteiger partial charge in [0, 0.05) is 20.2 Å². The second kappa shape index (κ2) is 6.49. The molecule has 2 unspecified atom stereocenters. The lowest BCUT2D eigenvalue weighted by Crippen LogP contribution is -2.36. The van der Waals surface area contributed by atoms with Crippen LogP contribution in [0.15, 0.2) is 30.3 Å². The fourth-order valence-corrected chi connectivity index (χ4v) is 2.12. The summed E-state index contributed by atoms with van der Waals surface area (Å²) in [5.41, 5.74) is 7.32. The first-order valence-corrected chi connectivity index (χ1v) is 6.13. The molecule has 2 atom stereocenters. The molecule has 1 saturated heterocycles. The topological polar surface area (TPSA) is 62.4 Å². The maximum absolute atomic E-state index is 12.1. The van der Waals surface area contributed by atoms with Crippen molar-refractivity contribution >= 4 is 5.91 Å². The first-order chi connectivity index (χ1) is 8.83. The summed E-state index contributed by atoms with van der Waals surface area (Å²) in [7, 11) is 1.62. The fraction of sp³-hybridized carbons (Fsp3) is 0.462. The predicted octanol–water partition coefficient (Wildman–Crippen LogP) is 0.214. The van der Waals surface area contributed by atoms with Gasteiger partial charge in [0.05, 0.1) is 18.6 Å². The van der Waals surface area contributed by atoms with Crippen LogP contribution in [0, 0.1) is 5.92 Å². The second-order valence-electron chi connectivity index (χ2n) is 4.30. The van der Waals surface area contributed by atoms with Gasteiger partial charge < -0.3 is 10.1 Å². The number of hydrogen-bond donors (Lipinski definition) is 3. The molecule has 0 aromatic heterocycles. The third-order valence-corrected chi connectivity index (χ3v) is 3.08. The molecule has 5 heteroatoms. The van der Waals surface area contributed by atoms with E-state index in [-0.39, 0.29) is 17.9 Å². The van der Waals surface area contributed by atoms with Gasteiger partial charge in [-0.3, -0.25) is 10.2 Å². The number of methoxy groups -OCH3 is 1. The summed E-state index contributed by atoms with van der Waals surface area (Å²) in [4.78, 5) is 12.1. The number of hydrogen-bond acceptors (Lipinski definition) is 4. The average Bonchev–Trinajstić information content (AvgIpc) is 2.89. The van der Waals surface area contributed by atoms with Crippen LogP contribution in [0.1, 0.15) is 11.6 Å². The molecule has 3 N–H and O–H groups in total. The van der Waals surface area contributed by atoms with E-state index in [9.17, 15) is 4.79 Å². The normalized spacial score (nSPS) is 22.9. The van der Waals surface area contributed by atoms with Gasteiger partial charge in [-0.05, 0) is 5.56 Å². The van der Waals surface area contributed by atoms with Crippen LogP contribution in [0.3, 0.4) is 0 Å². The van der Waals surface area contributed by atoms with E-state index >= 15 is 0 Å². The summed E-state index contributed by atoms with van der Waals surface area (Å²) in [6.07, 6.45) is 0. The Kier molecular flexibility index (Phi) is 4.69. The van der Waals surface area contributed by atoms with E-state index in [1.165, 1.54) is 0 Å². The van der Waals surface area contributed by atoms with Gasteiger partial charge >= 0.3 is 0 Å². The number of benzene rings is 1. The van der Waals surface area contributed by atoms with Crippen molar-refractivity contribution in [3.05, 3.63) is 35.9 Å². The van der Waals surface area contributed by atoms with Gasteiger partial charge in [0.1, 0.15) is 0 Å². The molecular formula is C13H19N3O2. The molecule has 0 spiro atoms. The minimum atomic E-state index is -0.0933. The summed E-state index contributed by atoms with van der Waals surface area (Å²) in [6, 6.07) is 10.0. The zero-order valence-corrected chi connectivity index (χ0v) is 10.5. The molecule has 1 aliphatic rings. The van der Waals surface area contributed by atoms with Crippen LogP contribution in [0.25, 0.3) is 0 Å². The largest absolute Gasteiger partial charge is 0.383 e. The van der Waals surface area contributed by atoms with Crippen LogP contribution >= 0.6 is 0 Å². The molecule has 0 aliphatic carbocycles. The van der Waals surface area contributed by atoms with Crippen molar-refractivity contribution in [2.75, 3.05) is 26.8 Å². The minimum absolute atomic E-state index is 0.0220. The molecule has 98 valence electrons. The monoisotopic (exact) mass is 249 g/mol. The van der Waals surface area contributed by atoms with Crippen molar-refractivity contribution in [2.45, 2.75) is 6.04 Å². The van der Waals surface area contributed by atoms with Crippen LogP contribution in [-0.2, 0) is 9.53 Å². The zero-order chi connectivity index (χ0) is 12.8. The van der Waals surface area contributed by atoms with Gasteiger partial charge in [0.2, 0.25) is 5.91 Å². The summed E-state index contributed by atoms with van der Waals surface area (Å²) < 4.78 is 4.92. The molecule has 1 aliphatic heterocycles. The van der Waals surface area contributed by atoms with Crippen molar-refractivity contribution in [3.63, 3.8) is 0 Å². The SMILES string of the molecule is COCCNC(=O)C1CNNC1c1ccccc1. The lowest BCUT2D eigenvalue weighted by atomic mass is 9.94. The molecular weight excluding hydrogens is 230 g/mol. The molecule has 1 aromatic carbocycles. The Bertz CT molecular complexity index is 383. The van der Waals surface area contributed by atoms with E-state index in [2.05, 4.69) is 16.2 Å². The predicted molar refractivity (Wildman–Crippen MR) is 68.7 cm³/mol. The number of carbonyl (C=O) groups is 1. The lowest BCUT2D eigenvalue weighted by molar-refractivity contribution is -0.125. The van der Waals surface area contributed by atoms with E-state index in [4.69, 9.17) is 4.74 Å². The van der Waals surface area contributed by atoms with Gasteiger partial charge in [-0.15, -0.1) is 0 Å². The average molecular weight is 249 g/mol. The Balaban J connectivity index is 1.97. The zero-order valence-electron chi connectivity index (χ0n) is 10.5. The van der Waals surface area contributed by atoms with E-state index in [0.29, 0.717) is 19.7 Å². The Morgan fingerprint density at radius 3 is 2.94 bits per heavy atom. The standard InChI is InChI=1S/C13H19N3O2/c1-18-8-7-14-13(17)11-9-15-16-12(11)10-5-3-2-4-6-10/h2-6,11-12,15-16H,7-9H2,1H3,(H,14,17). The number of nitrogens with one attached hydrogen (secondary N) is 3. The minimum Gasteiger partial charge on any atom is -0.383 e. The fourth-order valence-electron chi connectivity index (χ4n) is 2.12. The summed E-state index contributed by atoms with van der Waals surface area (Å²) in [5, 5.41) is 2.88. The van der Waals surface area contributed by atoms with Gasteiger partial charge in [-0.1, -0.05) is 30.3 Å². The Hall–Kier alpha value is -1.43. The maximum Gasteiger partial charge on any atom is 0.226 e. The van der Waals surface area contributed by atoms with Gasteiger partial charge in [0.15, 0.2) is 0 Å². The highest BCUT2D eigenvalue weighted by Crippen LogP contribution is 2.24. The first-order valence-electron chi connectivity index (χ1n) is 6.13. The Morgan fingerprint density at radius 2 is 2.22 bits per heavy atom. The Morgan fingerprint density at radius 1 is 1.44 bits per heavy atom. The van der Waals surface area contributed by atoms with Crippen LogP contribution in [0.4, 0.5) is 0 Å². The smallest absolute Gasteiger partial charge is 0.226 e. The number of rotatable bonds is 5. The molecule has 1 amide bonds. The summed E-state index contributed by atoms with van der Waals surface area (Å²) in [5.74, 6) is -0.0392. The van der Waals surface area contributed by atoms with Gasteiger partial charge in [-0.25, -0.2) is 5.43 Å². The van der Waals surface area contributed by atoms with E-state index in [1.807, 2.05) is 30.3 Å². The van der Waals surface area contributed by atoms with Crippen molar-refractivity contribution in [1.82, 2.24) is 16.2 Å². The van der Waals surface area contributed by atoms with Crippen molar-refractivity contribution in [2.24, 2.45) is 5.92 Å². The highest BCUT2D eigenvalue weighted by Gasteiger charge is 2.33. The molecule has 1 heterocycles. The van der Waals surface area contributed by atoms with E-state index in [0.717, 1.165) is 5.56 Å². The molecule has 5 nitrogen and oxygen atoms in total. The molecule has 1 fully saturated rings. The van der Waals surface area contributed by atoms with Crippen LogP contribution < -0.4 is 16.2 Å². The lowest BCUT2D eigenvalue weighted by Gasteiger charge is -2.18.